The molecule has 2 saturated carbocycles. The van der Waals surface area contributed by atoms with Crippen LogP contribution < -0.4 is 0 Å². The van der Waals surface area contributed by atoms with E-state index in [1.54, 1.807) is 25.7 Å². The molecule has 3 heterocycles. The molecule has 5 rings (SSSR count). The maximum absolute atomic E-state index is 13.7. The van der Waals surface area contributed by atoms with Gasteiger partial charge in [0.05, 0.1) is 24.1 Å². The molecule has 2 saturated heterocycles. The summed E-state index contributed by atoms with van der Waals surface area (Å²) in [6.45, 7) is 15.8. The van der Waals surface area contributed by atoms with Crippen molar-refractivity contribution in [1.29, 1.82) is 0 Å². The molecule has 3 aliphatic heterocycles. The SMILES string of the molecule is CC(C)(C)OC(=O)N1[C@H](C2=NO[C@@H](C(=O)N3[C@H]4C[C@H]5CC[C@]4(CS3(=O)=O)C5(C)C)C2)CO[C@@H]1C(C)(C)C. The molecule has 0 aromatic heterocycles. The predicted octanol–water partition coefficient (Wildman–Crippen LogP) is 3.51. The number of fused-ring (bicyclic) bond motifs is 1. The lowest BCUT2D eigenvalue weighted by Crippen LogP contribution is -2.52. The second-order valence-electron chi connectivity index (χ2n) is 14.1. The van der Waals surface area contributed by atoms with E-state index in [1.165, 1.54) is 0 Å². The van der Waals surface area contributed by atoms with E-state index in [-0.39, 0.29) is 30.2 Å². The van der Waals surface area contributed by atoms with Crippen LogP contribution in [-0.4, -0.2) is 77.7 Å². The molecule has 0 N–H and O–H groups in total. The average Bonchev–Trinajstić information content (AvgIpc) is 3.50. The second-order valence-corrected chi connectivity index (χ2v) is 15.9. The van der Waals surface area contributed by atoms with Gasteiger partial charge in [-0.2, -0.15) is 0 Å². The highest BCUT2D eigenvalue weighted by molar-refractivity contribution is 7.90. The Morgan fingerprint density at radius 2 is 1.81 bits per heavy atom. The van der Waals surface area contributed by atoms with E-state index in [4.69, 9.17) is 14.3 Å². The van der Waals surface area contributed by atoms with Crippen LogP contribution in [0.4, 0.5) is 4.79 Å². The number of carbonyl (C=O) groups excluding carboxylic acids is 2. The first-order valence-corrected chi connectivity index (χ1v) is 14.9. The molecule has 2 amide bonds. The van der Waals surface area contributed by atoms with E-state index >= 15 is 0 Å². The molecule has 208 valence electrons. The van der Waals surface area contributed by atoms with Gasteiger partial charge in [0.2, 0.25) is 16.1 Å². The Labute approximate surface area is 220 Å². The van der Waals surface area contributed by atoms with E-state index in [0.29, 0.717) is 18.1 Å². The molecule has 4 fully saturated rings. The Morgan fingerprint density at radius 3 is 2.41 bits per heavy atom. The summed E-state index contributed by atoms with van der Waals surface area (Å²) < 4.78 is 39.5. The lowest BCUT2D eigenvalue weighted by atomic mass is 9.69. The summed E-state index contributed by atoms with van der Waals surface area (Å²) in [6, 6.07) is -0.899. The number of sulfonamides is 1. The van der Waals surface area contributed by atoms with Crippen LogP contribution in [0.3, 0.4) is 0 Å². The second kappa shape index (κ2) is 8.07. The zero-order chi connectivity index (χ0) is 27.3. The van der Waals surface area contributed by atoms with Crippen molar-refractivity contribution in [3.8, 4) is 0 Å². The topological polar surface area (TPSA) is 115 Å². The monoisotopic (exact) mass is 539 g/mol. The van der Waals surface area contributed by atoms with Gasteiger partial charge < -0.3 is 14.3 Å². The van der Waals surface area contributed by atoms with Crippen molar-refractivity contribution in [2.75, 3.05) is 12.4 Å². The summed E-state index contributed by atoms with van der Waals surface area (Å²) in [5.41, 5.74) is -1.15. The number of oxime groups is 1. The van der Waals surface area contributed by atoms with Gasteiger partial charge in [0, 0.05) is 17.3 Å². The number of rotatable bonds is 2. The van der Waals surface area contributed by atoms with Crippen LogP contribution in [-0.2, 0) is 29.1 Å². The Morgan fingerprint density at radius 1 is 1.14 bits per heavy atom. The van der Waals surface area contributed by atoms with E-state index < -0.39 is 56.8 Å². The van der Waals surface area contributed by atoms with Gasteiger partial charge in [-0.05, 0) is 51.4 Å². The minimum absolute atomic E-state index is 0.0104. The lowest BCUT2D eigenvalue weighted by molar-refractivity contribution is -0.139. The fourth-order valence-corrected chi connectivity index (χ4v) is 9.98. The Hall–Kier alpha value is -1.88. The van der Waals surface area contributed by atoms with Gasteiger partial charge in [-0.3, -0.25) is 9.69 Å². The van der Waals surface area contributed by atoms with Gasteiger partial charge in [-0.25, -0.2) is 17.5 Å². The molecule has 6 atom stereocenters. The van der Waals surface area contributed by atoms with Crippen LogP contribution in [0.2, 0.25) is 0 Å². The lowest BCUT2D eigenvalue weighted by Gasteiger charge is -2.37. The summed E-state index contributed by atoms with van der Waals surface area (Å²) in [5, 5.41) is 4.19. The molecule has 11 heteroatoms. The highest BCUT2D eigenvalue weighted by Crippen LogP contribution is 2.70. The van der Waals surface area contributed by atoms with Crippen molar-refractivity contribution in [2.24, 2.45) is 27.3 Å². The number of amides is 2. The zero-order valence-corrected chi connectivity index (χ0v) is 24.1. The number of hydrogen-bond acceptors (Lipinski definition) is 8. The quantitative estimate of drug-likeness (QED) is 0.527. The van der Waals surface area contributed by atoms with Crippen LogP contribution in [0.1, 0.15) is 81.1 Å². The molecule has 5 aliphatic rings. The van der Waals surface area contributed by atoms with E-state index in [1.807, 2.05) is 20.8 Å². The van der Waals surface area contributed by atoms with Gasteiger partial charge >= 0.3 is 6.09 Å². The van der Waals surface area contributed by atoms with E-state index in [0.717, 1.165) is 17.1 Å². The maximum atomic E-state index is 13.7. The van der Waals surface area contributed by atoms with Crippen LogP contribution >= 0.6 is 0 Å². The number of hydrogen-bond donors (Lipinski definition) is 0. The average molecular weight is 540 g/mol. The minimum Gasteiger partial charge on any atom is -0.444 e. The van der Waals surface area contributed by atoms with Crippen molar-refractivity contribution < 1.29 is 32.3 Å². The number of ether oxygens (including phenoxy) is 2. The van der Waals surface area contributed by atoms with Gasteiger partial charge in [-0.1, -0.05) is 39.8 Å². The predicted molar refractivity (Wildman–Crippen MR) is 136 cm³/mol. The summed E-state index contributed by atoms with van der Waals surface area (Å²) in [6.07, 6.45) is 0.503. The smallest absolute Gasteiger partial charge is 0.413 e. The van der Waals surface area contributed by atoms with Crippen molar-refractivity contribution >= 4 is 27.7 Å². The van der Waals surface area contributed by atoms with Crippen LogP contribution in [0.15, 0.2) is 5.16 Å². The molecule has 2 aliphatic carbocycles. The van der Waals surface area contributed by atoms with Crippen molar-refractivity contribution in [2.45, 2.75) is 111 Å². The van der Waals surface area contributed by atoms with Crippen LogP contribution in [0, 0.1) is 22.2 Å². The first kappa shape index (κ1) is 26.7. The van der Waals surface area contributed by atoms with Gasteiger partial charge in [0.25, 0.3) is 5.91 Å². The molecule has 10 nitrogen and oxygen atoms in total. The Balaban J connectivity index is 1.35. The van der Waals surface area contributed by atoms with Crippen molar-refractivity contribution in [3.63, 3.8) is 0 Å². The largest absolute Gasteiger partial charge is 0.444 e. The fourth-order valence-electron chi connectivity index (χ4n) is 7.41. The molecule has 2 bridgehead atoms. The standard InChI is InChI=1S/C26H41N3O7S/c1-23(2,3)21-28(22(31)35-24(4,5)6)17(13-34-21)16-12-18(36-27-16)20(30)29-19-11-15-9-10-26(19,25(15,7)8)14-37(29,32)33/h15,17-19,21H,9-14H2,1-8H3/t15-,17+,18-,19+,21-,26-/m1/s1. The van der Waals surface area contributed by atoms with Crippen LogP contribution in [0.25, 0.3) is 0 Å². The van der Waals surface area contributed by atoms with E-state index in [2.05, 4.69) is 19.0 Å². The molecule has 0 unspecified atom stereocenters. The maximum Gasteiger partial charge on any atom is 0.413 e. The molecule has 0 aromatic carbocycles. The van der Waals surface area contributed by atoms with Gasteiger partial charge in [-0.15, -0.1) is 0 Å². The Kier molecular flexibility index (Phi) is 5.82. The summed E-state index contributed by atoms with van der Waals surface area (Å²) >= 11 is 0. The molecule has 0 radical (unpaired) electrons. The normalized spacial score (nSPS) is 37.9. The molecule has 1 spiro atoms. The summed E-state index contributed by atoms with van der Waals surface area (Å²) in [7, 11) is -3.76. The summed E-state index contributed by atoms with van der Waals surface area (Å²) in [4.78, 5) is 34.0. The van der Waals surface area contributed by atoms with Gasteiger partial charge in [0.1, 0.15) is 17.9 Å². The first-order chi connectivity index (χ1) is 16.9. The fraction of sp³-hybridized carbons (Fsp3) is 0.885. The number of nitrogens with zero attached hydrogens (tertiary/aromatic N) is 3. The minimum atomic E-state index is -3.76. The first-order valence-electron chi connectivity index (χ1n) is 13.3. The van der Waals surface area contributed by atoms with Crippen molar-refractivity contribution in [1.82, 2.24) is 9.21 Å². The van der Waals surface area contributed by atoms with Gasteiger partial charge in [0.15, 0.2) is 0 Å². The molecular formula is C26H41N3O7S. The summed E-state index contributed by atoms with van der Waals surface area (Å²) in [5.74, 6) is -0.137. The van der Waals surface area contributed by atoms with Crippen LogP contribution in [0.5, 0.6) is 0 Å². The Bertz CT molecular complexity index is 1140. The van der Waals surface area contributed by atoms with Crippen molar-refractivity contribution in [3.05, 3.63) is 0 Å². The third kappa shape index (κ3) is 3.97. The highest BCUT2D eigenvalue weighted by atomic mass is 32.2. The molecule has 37 heavy (non-hydrogen) atoms. The highest BCUT2D eigenvalue weighted by Gasteiger charge is 2.72. The molecular weight excluding hydrogens is 498 g/mol. The van der Waals surface area contributed by atoms with E-state index in [9.17, 15) is 18.0 Å². The number of carbonyl (C=O) groups is 2. The third-order valence-electron chi connectivity index (χ3n) is 9.33. The molecule has 0 aromatic rings. The third-order valence-corrected chi connectivity index (χ3v) is 11.2. The zero-order valence-electron chi connectivity index (χ0n) is 23.2.